The molecule has 1 aliphatic heterocycles. The first-order valence-electron chi connectivity index (χ1n) is 6.61. The topological polar surface area (TPSA) is 50.2 Å². The number of likely N-dealkylation sites (N-methyl/N-ethyl adjacent to an activating group) is 1. The van der Waals surface area contributed by atoms with Crippen molar-refractivity contribution in [1.29, 1.82) is 0 Å². The molecule has 1 amide bonds. The Balaban J connectivity index is 2.30. The molecule has 2 rings (SSSR count). The highest BCUT2D eigenvalue weighted by atomic mass is 16.2. The van der Waals surface area contributed by atoms with Gasteiger partial charge in [-0.2, -0.15) is 0 Å². The average Bonchev–Trinajstić information content (AvgIpc) is 2.68. The van der Waals surface area contributed by atoms with E-state index in [1.54, 1.807) is 19.0 Å². The van der Waals surface area contributed by atoms with Gasteiger partial charge in [0.1, 0.15) is 12.4 Å². The van der Waals surface area contributed by atoms with Crippen molar-refractivity contribution in [3.05, 3.63) is 17.2 Å². The molecule has 1 N–H and O–H groups in total. The molecule has 5 heteroatoms. The normalized spacial score (nSPS) is 14.4. The third-order valence-corrected chi connectivity index (χ3v) is 3.33. The van der Waals surface area contributed by atoms with Crippen LogP contribution in [0.3, 0.4) is 0 Å². The molecule has 0 aromatic carbocycles. The third kappa shape index (κ3) is 2.56. The molecule has 0 saturated carbocycles. The monoisotopic (exact) mass is 250 g/mol. The number of rotatable bonds is 4. The van der Waals surface area contributed by atoms with Crippen molar-refractivity contribution in [2.24, 2.45) is 0 Å². The van der Waals surface area contributed by atoms with Crippen LogP contribution in [0.25, 0.3) is 0 Å². The maximum atomic E-state index is 11.9. The number of imidazole rings is 1. The number of nitrogens with zero attached hydrogens (tertiary/aromatic N) is 3. The molecular formula is C13H22N4O. The molecule has 2 heterocycles. The number of hydrogen-bond acceptors (Lipinski definition) is 3. The molecule has 0 radical (unpaired) electrons. The lowest BCUT2D eigenvalue weighted by atomic mass is 10.2. The number of nitrogens with one attached hydrogen (secondary N) is 1. The summed E-state index contributed by atoms with van der Waals surface area (Å²) in [6.07, 6.45) is 2.96. The summed E-state index contributed by atoms with van der Waals surface area (Å²) in [5.41, 5.74) is 2.36. The Morgan fingerprint density at radius 3 is 2.94 bits per heavy atom. The minimum absolute atomic E-state index is 0.131. The lowest BCUT2D eigenvalue weighted by Gasteiger charge is -2.17. The van der Waals surface area contributed by atoms with Crippen LogP contribution in [0.4, 0.5) is 0 Å². The van der Waals surface area contributed by atoms with Gasteiger partial charge in [0.15, 0.2) is 0 Å². The average molecular weight is 250 g/mol. The lowest BCUT2D eigenvalue weighted by Crippen LogP contribution is -2.30. The zero-order valence-electron chi connectivity index (χ0n) is 11.5. The van der Waals surface area contributed by atoms with Gasteiger partial charge in [-0.15, -0.1) is 0 Å². The zero-order chi connectivity index (χ0) is 13.1. The number of carbonyl (C=O) groups is 1. The van der Waals surface area contributed by atoms with Crippen LogP contribution >= 0.6 is 0 Å². The zero-order valence-corrected chi connectivity index (χ0v) is 11.5. The summed E-state index contributed by atoms with van der Waals surface area (Å²) >= 11 is 0. The van der Waals surface area contributed by atoms with E-state index in [0.29, 0.717) is 6.54 Å². The molecule has 0 aliphatic carbocycles. The van der Waals surface area contributed by atoms with E-state index >= 15 is 0 Å². The van der Waals surface area contributed by atoms with Crippen LogP contribution in [-0.4, -0.2) is 41.0 Å². The van der Waals surface area contributed by atoms with E-state index in [-0.39, 0.29) is 5.91 Å². The molecule has 0 unspecified atom stereocenters. The molecule has 0 bridgehead atoms. The number of carbonyl (C=O) groups excluding carboxylic acids is 1. The summed E-state index contributed by atoms with van der Waals surface area (Å²) in [5.74, 6) is 1.19. The molecule has 0 spiro atoms. The van der Waals surface area contributed by atoms with Crippen LogP contribution < -0.4 is 5.32 Å². The van der Waals surface area contributed by atoms with Gasteiger partial charge in [-0.1, -0.05) is 6.92 Å². The van der Waals surface area contributed by atoms with Crippen LogP contribution in [0.1, 0.15) is 30.6 Å². The summed E-state index contributed by atoms with van der Waals surface area (Å²) < 4.78 is 2.13. The summed E-state index contributed by atoms with van der Waals surface area (Å²) in [6.45, 7) is 4.37. The summed E-state index contributed by atoms with van der Waals surface area (Å²) in [6, 6.07) is 0. The molecule has 5 nitrogen and oxygen atoms in total. The first-order valence-corrected chi connectivity index (χ1v) is 6.61. The quantitative estimate of drug-likeness (QED) is 0.850. The van der Waals surface area contributed by atoms with Gasteiger partial charge in [0.05, 0.1) is 5.69 Å². The van der Waals surface area contributed by atoms with Crippen molar-refractivity contribution >= 4 is 5.91 Å². The van der Waals surface area contributed by atoms with Crippen LogP contribution in [0.2, 0.25) is 0 Å². The van der Waals surface area contributed by atoms with Gasteiger partial charge in [-0.05, 0) is 6.42 Å². The Morgan fingerprint density at radius 2 is 2.28 bits per heavy atom. The second-order valence-electron chi connectivity index (χ2n) is 4.97. The van der Waals surface area contributed by atoms with E-state index < -0.39 is 0 Å². The van der Waals surface area contributed by atoms with Crippen LogP contribution in [0, 0.1) is 0 Å². The van der Waals surface area contributed by atoms with Gasteiger partial charge in [0.2, 0.25) is 5.91 Å². The minimum Gasteiger partial charge on any atom is -0.347 e. The largest absolute Gasteiger partial charge is 0.347 e. The fraction of sp³-hybridized carbons (Fsp3) is 0.692. The molecule has 0 atom stereocenters. The molecule has 1 aromatic heterocycles. The van der Waals surface area contributed by atoms with E-state index in [0.717, 1.165) is 43.9 Å². The van der Waals surface area contributed by atoms with E-state index in [2.05, 4.69) is 21.8 Å². The highest BCUT2D eigenvalue weighted by Crippen LogP contribution is 2.17. The van der Waals surface area contributed by atoms with Gasteiger partial charge in [0.25, 0.3) is 0 Å². The van der Waals surface area contributed by atoms with Crippen molar-refractivity contribution < 1.29 is 4.79 Å². The second-order valence-corrected chi connectivity index (χ2v) is 4.97. The van der Waals surface area contributed by atoms with Crippen molar-refractivity contribution in [2.45, 2.75) is 39.3 Å². The van der Waals surface area contributed by atoms with Crippen molar-refractivity contribution in [2.75, 3.05) is 20.6 Å². The minimum atomic E-state index is 0.131. The van der Waals surface area contributed by atoms with Crippen LogP contribution in [0.5, 0.6) is 0 Å². The molecule has 0 fully saturated rings. The molecule has 100 valence electrons. The summed E-state index contributed by atoms with van der Waals surface area (Å²) in [5, 5.41) is 3.33. The Bertz CT molecular complexity index is 436. The van der Waals surface area contributed by atoms with Crippen LogP contribution in [-0.2, 0) is 30.7 Å². The van der Waals surface area contributed by atoms with Gasteiger partial charge in [-0.3, -0.25) is 4.79 Å². The molecule has 1 aromatic rings. The van der Waals surface area contributed by atoms with E-state index in [4.69, 9.17) is 0 Å². The summed E-state index contributed by atoms with van der Waals surface area (Å²) in [4.78, 5) is 18.2. The first-order chi connectivity index (χ1) is 8.63. The SMILES string of the molecule is CCCc1nc2c(n1CC(=O)N(C)C)CCNC2. The fourth-order valence-electron chi connectivity index (χ4n) is 2.30. The number of hydrogen-bond donors (Lipinski definition) is 1. The van der Waals surface area contributed by atoms with Crippen molar-refractivity contribution in [1.82, 2.24) is 19.8 Å². The molecular weight excluding hydrogens is 228 g/mol. The maximum absolute atomic E-state index is 11.9. The van der Waals surface area contributed by atoms with Gasteiger partial charge in [0, 0.05) is 45.7 Å². The fourth-order valence-corrected chi connectivity index (χ4v) is 2.30. The van der Waals surface area contributed by atoms with Gasteiger partial charge in [-0.25, -0.2) is 4.98 Å². The molecule has 18 heavy (non-hydrogen) atoms. The van der Waals surface area contributed by atoms with Crippen LogP contribution in [0.15, 0.2) is 0 Å². The standard InChI is InChI=1S/C13H22N4O/c1-4-5-12-15-10-8-14-7-6-11(10)17(12)9-13(18)16(2)3/h14H,4-9H2,1-3H3. The number of amides is 1. The number of aryl methyl sites for hydroxylation is 1. The maximum Gasteiger partial charge on any atom is 0.242 e. The first kappa shape index (κ1) is 13.1. The van der Waals surface area contributed by atoms with Crippen molar-refractivity contribution in [3.63, 3.8) is 0 Å². The highest BCUT2D eigenvalue weighted by molar-refractivity contribution is 5.75. The third-order valence-electron chi connectivity index (χ3n) is 3.33. The predicted molar refractivity (Wildman–Crippen MR) is 70.3 cm³/mol. The number of aromatic nitrogens is 2. The molecule has 0 saturated heterocycles. The Morgan fingerprint density at radius 1 is 1.50 bits per heavy atom. The highest BCUT2D eigenvalue weighted by Gasteiger charge is 2.21. The van der Waals surface area contributed by atoms with E-state index in [9.17, 15) is 4.79 Å². The van der Waals surface area contributed by atoms with Gasteiger partial charge >= 0.3 is 0 Å². The van der Waals surface area contributed by atoms with E-state index in [1.165, 1.54) is 5.69 Å². The Labute approximate surface area is 108 Å². The summed E-state index contributed by atoms with van der Waals surface area (Å²) in [7, 11) is 3.60. The smallest absolute Gasteiger partial charge is 0.242 e. The van der Waals surface area contributed by atoms with Gasteiger partial charge < -0.3 is 14.8 Å². The van der Waals surface area contributed by atoms with Crippen molar-refractivity contribution in [3.8, 4) is 0 Å². The predicted octanol–water partition coefficient (Wildman–Crippen LogP) is 0.569. The number of fused-ring (bicyclic) bond motifs is 1. The lowest BCUT2D eigenvalue weighted by molar-refractivity contribution is -0.129. The van der Waals surface area contributed by atoms with E-state index in [1.807, 2.05) is 0 Å². The Hall–Kier alpha value is -1.36. The second kappa shape index (κ2) is 5.52. The molecule has 1 aliphatic rings. The Kier molecular flexibility index (Phi) is 4.01.